The number of nitrogens with zero attached hydrogens (tertiary/aromatic N) is 1. The number of rotatable bonds is 2. The maximum Gasteiger partial charge on any atom is 0.325 e. The Hall–Kier alpha value is -1.26. The summed E-state index contributed by atoms with van der Waals surface area (Å²) in [6.45, 7) is 2.14. The fourth-order valence-electron chi connectivity index (χ4n) is 3.48. The molecular weight excluding hydrogens is 323 g/mol. The van der Waals surface area contributed by atoms with Crippen LogP contribution in [0, 0.1) is 5.92 Å². The number of carbonyl (C=O) groups excluding carboxylic acids is 2. The molecule has 1 aromatic carbocycles. The molecule has 118 valence electrons. The molecule has 1 aliphatic carbocycles. The van der Waals surface area contributed by atoms with E-state index >= 15 is 0 Å². The number of carbonyl (C=O) groups is 2. The Balaban J connectivity index is 1.89. The van der Waals surface area contributed by atoms with Crippen molar-refractivity contribution in [1.29, 1.82) is 0 Å². The van der Waals surface area contributed by atoms with E-state index in [-0.39, 0.29) is 24.4 Å². The van der Waals surface area contributed by atoms with E-state index < -0.39 is 5.54 Å². The van der Waals surface area contributed by atoms with Crippen LogP contribution in [0.5, 0.6) is 0 Å². The van der Waals surface area contributed by atoms with Gasteiger partial charge in [-0.3, -0.25) is 9.69 Å². The Morgan fingerprint density at radius 2 is 1.95 bits per heavy atom. The molecule has 2 fully saturated rings. The summed E-state index contributed by atoms with van der Waals surface area (Å²) in [5.74, 6) is -0.00916. The lowest BCUT2D eigenvalue weighted by atomic mass is 9.73. The summed E-state index contributed by atoms with van der Waals surface area (Å²) in [6.07, 6.45) is 3.71. The molecule has 4 nitrogen and oxygen atoms in total. The molecule has 3 amide bonds. The second-order valence-electron chi connectivity index (χ2n) is 6.14. The van der Waals surface area contributed by atoms with Crippen LogP contribution in [-0.4, -0.2) is 22.4 Å². The number of amides is 3. The van der Waals surface area contributed by atoms with Crippen molar-refractivity contribution in [2.24, 2.45) is 5.92 Å². The molecule has 2 atom stereocenters. The summed E-state index contributed by atoms with van der Waals surface area (Å²) in [5.41, 5.74) is -0.141. The van der Waals surface area contributed by atoms with E-state index in [0.717, 1.165) is 19.3 Å². The number of benzene rings is 1. The van der Waals surface area contributed by atoms with Gasteiger partial charge in [-0.2, -0.15) is 0 Å². The van der Waals surface area contributed by atoms with Gasteiger partial charge in [0, 0.05) is 15.6 Å². The molecule has 1 saturated heterocycles. The monoisotopic (exact) mass is 340 g/mol. The lowest BCUT2D eigenvalue weighted by Crippen LogP contribution is -2.53. The summed E-state index contributed by atoms with van der Waals surface area (Å²) < 4.78 is 0. The first kappa shape index (κ1) is 15.6. The molecule has 6 heteroatoms. The second kappa shape index (κ2) is 5.74. The molecule has 1 aromatic rings. The Labute approximate surface area is 139 Å². The van der Waals surface area contributed by atoms with Crippen molar-refractivity contribution in [2.75, 3.05) is 0 Å². The Kier molecular flexibility index (Phi) is 4.08. The Bertz CT molecular complexity index is 614. The van der Waals surface area contributed by atoms with Gasteiger partial charge in [-0.15, -0.1) is 0 Å². The topological polar surface area (TPSA) is 49.4 Å². The summed E-state index contributed by atoms with van der Waals surface area (Å²) >= 11 is 12.3. The SMILES string of the molecule is C[C@@H]1CCCC[C@@]12NC(=O)N(Cc1c(Cl)cccc1Cl)C2=O. The summed E-state index contributed by atoms with van der Waals surface area (Å²) in [6, 6.07) is 4.81. The van der Waals surface area contributed by atoms with Gasteiger partial charge < -0.3 is 5.32 Å². The highest BCUT2D eigenvalue weighted by Crippen LogP contribution is 2.39. The zero-order chi connectivity index (χ0) is 15.9. The molecule has 22 heavy (non-hydrogen) atoms. The molecule has 0 radical (unpaired) electrons. The van der Waals surface area contributed by atoms with Crippen LogP contribution in [0.4, 0.5) is 4.79 Å². The smallest absolute Gasteiger partial charge is 0.323 e. The molecule has 2 aliphatic rings. The molecule has 3 rings (SSSR count). The van der Waals surface area contributed by atoms with Gasteiger partial charge >= 0.3 is 6.03 Å². The Morgan fingerprint density at radius 1 is 1.27 bits per heavy atom. The average molecular weight is 341 g/mol. The molecular formula is C16H18Cl2N2O2. The van der Waals surface area contributed by atoms with Gasteiger partial charge in [0.05, 0.1) is 6.54 Å². The van der Waals surface area contributed by atoms with Gasteiger partial charge in [0.1, 0.15) is 5.54 Å². The number of halogens is 2. The maximum atomic E-state index is 12.9. The first-order valence-electron chi connectivity index (χ1n) is 7.53. The molecule has 1 N–H and O–H groups in total. The van der Waals surface area contributed by atoms with Crippen molar-refractivity contribution in [1.82, 2.24) is 10.2 Å². The maximum absolute atomic E-state index is 12.9. The number of hydrogen-bond donors (Lipinski definition) is 1. The molecule has 0 bridgehead atoms. The van der Waals surface area contributed by atoms with Crippen molar-refractivity contribution in [2.45, 2.75) is 44.7 Å². The lowest BCUT2D eigenvalue weighted by Gasteiger charge is -2.36. The molecule has 1 spiro atoms. The van der Waals surface area contributed by atoms with Crippen LogP contribution in [0.3, 0.4) is 0 Å². The minimum absolute atomic E-state index is 0.109. The molecule has 1 heterocycles. The zero-order valence-electron chi connectivity index (χ0n) is 12.4. The van der Waals surface area contributed by atoms with Crippen molar-refractivity contribution >= 4 is 35.1 Å². The van der Waals surface area contributed by atoms with Crippen molar-refractivity contribution in [3.63, 3.8) is 0 Å². The van der Waals surface area contributed by atoms with E-state index in [2.05, 4.69) is 5.32 Å². The predicted octanol–water partition coefficient (Wildman–Crippen LogP) is 3.99. The third-order valence-corrected chi connectivity index (χ3v) is 5.59. The van der Waals surface area contributed by atoms with Crippen LogP contribution in [0.2, 0.25) is 10.0 Å². The van der Waals surface area contributed by atoms with E-state index in [4.69, 9.17) is 23.2 Å². The minimum atomic E-state index is -0.747. The number of urea groups is 1. The fourth-order valence-corrected chi connectivity index (χ4v) is 4.00. The predicted molar refractivity (Wildman–Crippen MR) is 85.9 cm³/mol. The first-order chi connectivity index (χ1) is 10.5. The number of imide groups is 1. The molecule has 1 aliphatic heterocycles. The van der Waals surface area contributed by atoms with Crippen LogP contribution in [0.15, 0.2) is 18.2 Å². The lowest BCUT2D eigenvalue weighted by molar-refractivity contribution is -0.134. The number of hydrogen-bond acceptors (Lipinski definition) is 2. The van der Waals surface area contributed by atoms with Crippen molar-refractivity contribution < 1.29 is 9.59 Å². The van der Waals surface area contributed by atoms with Crippen LogP contribution in [-0.2, 0) is 11.3 Å². The largest absolute Gasteiger partial charge is 0.325 e. The second-order valence-corrected chi connectivity index (χ2v) is 6.95. The highest BCUT2D eigenvalue weighted by Gasteiger charge is 2.54. The highest BCUT2D eigenvalue weighted by atomic mass is 35.5. The van der Waals surface area contributed by atoms with E-state index in [0.29, 0.717) is 22.0 Å². The van der Waals surface area contributed by atoms with Crippen molar-refractivity contribution in [3.8, 4) is 0 Å². The fraction of sp³-hybridized carbons (Fsp3) is 0.500. The normalized spacial score (nSPS) is 28.3. The van der Waals surface area contributed by atoms with Crippen LogP contribution >= 0.6 is 23.2 Å². The summed E-state index contributed by atoms with van der Waals surface area (Å²) in [7, 11) is 0. The summed E-state index contributed by atoms with van der Waals surface area (Å²) in [4.78, 5) is 26.5. The molecule has 0 unspecified atom stereocenters. The third-order valence-electron chi connectivity index (χ3n) is 4.88. The van der Waals surface area contributed by atoms with Gasteiger partial charge in [-0.25, -0.2) is 4.79 Å². The highest BCUT2D eigenvalue weighted by molar-refractivity contribution is 6.36. The average Bonchev–Trinajstić information content (AvgIpc) is 2.71. The molecule has 0 aromatic heterocycles. The van der Waals surface area contributed by atoms with Crippen LogP contribution in [0.1, 0.15) is 38.2 Å². The summed E-state index contributed by atoms with van der Waals surface area (Å²) in [5, 5.41) is 3.86. The van der Waals surface area contributed by atoms with Gasteiger partial charge in [0.25, 0.3) is 5.91 Å². The van der Waals surface area contributed by atoms with Crippen LogP contribution < -0.4 is 5.32 Å². The first-order valence-corrected chi connectivity index (χ1v) is 8.28. The van der Waals surface area contributed by atoms with Gasteiger partial charge in [-0.1, -0.05) is 49.0 Å². The molecule has 1 saturated carbocycles. The minimum Gasteiger partial charge on any atom is -0.323 e. The number of nitrogens with one attached hydrogen (secondary N) is 1. The van der Waals surface area contributed by atoms with E-state index in [1.165, 1.54) is 4.90 Å². The van der Waals surface area contributed by atoms with Gasteiger partial charge in [0.2, 0.25) is 0 Å². The van der Waals surface area contributed by atoms with E-state index in [1.807, 2.05) is 6.92 Å². The third kappa shape index (κ3) is 2.38. The Morgan fingerprint density at radius 3 is 2.59 bits per heavy atom. The van der Waals surface area contributed by atoms with Gasteiger partial charge in [0.15, 0.2) is 0 Å². The van der Waals surface area contributed by atoms with Gasteiger partial charge in [-0.05, 0) is 30.9 Å². The standard InChI is InChI=1S/C16H18Cl2N2O2/c1-10-5-2-3-8-16(10)14(21)20(15(22)19-16)9-11-12(17)6-4-7-13(11)18/h4,6-7,10H,2-3,5,8-9H2,1H3,(H,19,22)/t10-,16-/m1/s1. The van der Waals surface area contributed by atoms with Crippen molar-refractivity contribution in [3.05, 3.63) is 33.8 Å². The quantitative estimate of drug-likeness (QED) is 0.827. The van der Waals surface area contributed by atoms with E-state index in [9.17, 15) is 9.59 Å². The van der Waals surface area contributed by atoms with Crippen LogP contribution in [0.25, 0.3) is 0 Å². The van der Waals surface area contributed by atoms with E-state index in [1.54, 1.807) is 18.2 Å². The zero-order valence-corrected chi connectivity index (χ0v) is 13.9.